The van der Waals surface area contributed by atoms with E-state index in [2.05, 4.69) is 15.2 Å². The first kappa shape index (κ1) is 16.5. The Morgan fingerprint density at radius 2 is 2.00 bits per heavy atom. The van der Waals surface area contributed by atoms with E-state index in [1.807, 2.05) is 5.38 Å². The summed E-state index contributed by atoms with van der Waals surface area (Å²) in [4.78, 5) is 6.86. The number of likely N-dealkylation sites (tertiary alicyclic amines) is 1. The minimum absolute atomic E-state index is 0.237. The lowest BCUT2D eigenvalue weighted by Crippen LogP contribution is -2.36. The third-order valence-electron chi connectivity index (χ3n) is 4.00. The molecule has 1 aromatic heterocycles. The third kappa shape index (κ3) is 4.81. The number of aliphatic hydroxyl groups excluding tert-OH is 1. The molecule has 2 heterocycles. The van der Waals surface area contributed by atoms with Gasteiger partial charge in [0.15, 0.2) is 0 Å². The highest BCUT2D eigenvalue weighted by Crippen LogP contribution is 2.23. The smallest absolute Gasteiger partial charge is 0.123 e. The summed E-state index contributed by atoms with van der Waals surface area (Å²) in [6.07, 6.45) is 2.14. The maximum atomic E-state index is 12.9. The summed E-state index contributed by atoms with van der Waals surface area (Å²) in [6.45, 7) is 4.15. The standard InChI is InChI=1S/C17H22FN3OS/c18-14-5-3-13(4-6-14)17-20-15(12-23-17)9-19-10-16(22)11-21-7-1-2-8-21/h3-6,12,16,19,22H,1-2,7-11H2. The van der Waals surface area contributed by atoms with E-state index in [0.717, 1.165) is 35.9 Å². The number of halogens is 1. The highest BCUT2D eigenvalue weighted by molar-refractivity contribution is 7.13. The van der Waals surface area contributed by atoms with Gasteiger partial charge < -0.3 is 15.3 Å². The monoisotopic (exact) mass is 335 g/mol. The molecule has 4 nitrogen and oxygen atoms in total. The zero-order valence-electron chi connectivity index (χ0n) is 13.0. The number of aliphatic hydroxyl groups is 1. The molecular formula is C17H22FN3OS. The number of hydrogen-bond donors (Lipinski definition) is 2. The van der Waals surface area contributed by atoms with Crippen LogP contribution in [0.2, 0.25) is 0 Å². The van der Waals surface area contributed by atoms with Crippen LogP contribution in [0.15, 0.2) is 29.6 Å². The number of hydrogen-bond acceptors (Lipinski definition) is 5. The highest BCUT2D eigenvalue weighted by Gasteiger charge is 2.15. The lowest BCUT2D eigenvalue weighted by atomic mass is 10.2. The van der Waals surface area contributed by atoms with Crippen LogP contribution < -0.4 is 5.32 Å². The van der Waals surface area contributed by atoms with Crippen LogP contribution in [-0.4, -0.2) is 47.3 Å². The molecule has 2 aromatic rings. The number of benzene rings is 1. The first-order chi connectivity index (χ1) is 11.2. The van der Waals surface area contributed by atoms with E-state index in [4.69, 9.17) is 0 Å². The number of nitrogens with one attached hydrogen (secondary N) is 1. The van der Waals surface area contributed by atoms with Crippen LogP contribution in [-0.2, 0) is 6.54 Å². The lowest BCUT2D eigenvalue weighted by Gasteiger charge is -2.19. The molecule has 0 spiro atoms. The highest BCUT2D eigenvalue weighted by atomic mass is 32.1. The molecule has 0 saturated carbocycles. The Balaban J connectivity index is 1.44. The molecular weight excluding hydrogens is 313 g/mol. The Morgan fingerprint density at radius 3 is 2.74 bits per heavy atom. The first-order valence-electron chi connectivity index (χ1n) is 8.02. The fraction of sp³-hybridized carbons (Fsp3) is 0.471. The Kier molecular flexibility index (Phi) is 5.72. The molecule has 23 heavy (non-hydrogen) atoms. The Labute approximate surface area is 140 Å². The molecule has 0 radical (unpaired) electrons. The van der Waals surface area contributed by atoms with Crippen molar-refractivity contribution in [3.05, 3.63) is 41.2 Å². The summed E-state index contributed by atoms with van der Waals surface area (Å²) in [7, 11) is 0. The second-order valence-electron chi connectivity index (χ2n) is 5.94. The van der Waals surface area contributed by atoms with Crippen LogP contribution in [0.1, 0.15) is 18.5 Å². The zero-order valence-corrected chi connectivity index (χ0v) is 13.9. The maximum Gasteiger partial charge on any atom is 0.123 e. The van der Waals surface area contributed by atoms with Gasteiger partial charge in [0.2, 0.25) is 0 Å². The molecule has 0 aliphatic carbocycles. The van der Waals surface area contributed by atoms with E-state index < -0.39 is 0 Å². The van der Waals surface area contributed by atoms with E-state index in [1.165, 1.54) is 25.0 Å². The van der Waals surface area contributed by atoms with Gasteiger partial charge in [-0.15, -0.1) is 11.3 Å². The quantitative estimate of drug-likeness (QED) is 0.816. The van der Waals surface area contributed by atoms with Gasteiger partial charge in [0.05, 0.1) is 11.8 Å². The average Bonchev–Trinajstić information content (AvgIpc) is 3.20. The van der Waals surface area contributed by atoms with Crippen molar-refractivity contribution in [2.45, 2.75) is 25.5 Å². The summed E-state index contributed by atoms with van der Waals surface area (Å²) in [5, 5.41) is 16.2. The van der Waals surface area contributed by atoms with Gasteiger partial charge in [-0.05, 0) is 50.2 Å². The first-order valence-corrected chi connectivity index (χ1v) is 8.90. The topological polar surface area (TPSA) is 48.4 Å². The SMILES string of the molecule is OC(CNCc1csc(-c2ccc(F)cc2)n1)CN1CCCC1. The van der Waals surface area contributed by atoms with E-state index >= 15 is 0 Å². The van der Waals surface area contributed by atoms with Crippen molar-refractivity contribution in [1.82, 2.24) is 15.2 Å². The van der Waals surface area contributed by atoms with Crippen molar-refractivity contribution in [1.29, 1.82) is 0 Å². The van der Waals surface area contributed by atoms with Crippen LogP contribution in [0.25, 0.3) is 10.6 Å². The average molecular weight is 335 g/mol. The predicted molar refractivity (Wildman–Crippen MR) is 90.9 cm³/mol. The molecule has 2 N–H and O–H groups in total. The molecule has 1 unspecified atom stereocenters. The summed E-state index contributed by atoms with van der Waals surface area (Å²) in [6, 6.07) is 6.38. The van der Waals surface area contributed by atoms with Gasteiger partial charge in [0.25, 0.3) is 0 Å². The fourth-order valence-corrected chi connectivity index (χ4v) is 3.63. The van der Waals surface area contributed by atoms with Gasteiger partial charge in [-0.25, -0.2) is 9.37 Å². The number of aromatic nitrogens is 1. The molecule has 1 aromatic carbocycles. The second-order valence-corrected chi connectivity index (χ2v) is 6.80. The van der Waals surface area contributed by atoms with Crippen molar-refractivity contribution in [3.63, 3.8) is 0 Å². The van der Waals surface area contributed by atoms with E-state index in [0.29, 0.717) is 13.1 Å². The van der Waals surface area contributed by atoms with Crippen molar-refractivity contribution in [3.8, 4) is 10.6 Å². The van der Waals surface area contributed by atoms with Gasteiger partial charge in [0, 0.05) is 30.6 Å². The van der Waals surface area contributed by atoms with Crippen LogP contribution in [0, 0.1) is 5.82 Å². The van der Waals surface area contributed by atoms with Gasteiger partial charge in [-0.2, -0.15) is 0 Å². The van der Waals surface area contributed by atoms with Crippen LogP contribution in [0.5, 0.6) is 0 Å². The molecule has 1 aliphatic heterocycles. The molecule has 3 rings (SSSR count). The zero-order chi connectivity index (χ0) is 16.1. The van der Waals surface area contributed by atoms with Crippen molar-refractivity contribution < 1.29 is 9.50 Å². The number of thiazole rings is 1. The van der Waals surface area contributed by atoms with Crippen molar-refractivity contribution in [2.24, 2.45) is 0 Å². The molecule has 0 amide bonds. The van der Waals surface area contributed by atoms with E-state index in [9.17, 15) is 9.50 Å². The number of β-amino-alcohol motifs (C(OH)–C–C–N with tert-alkyl or cyclic N) is 1. The molecule has 1 atom stereocenters. The molecule has 1 fully saturated rings. The fourth-order valence-electron chi connectivity index (χ4n) is 2.81. The molecule has 124 valence electrons. The Bertz CT molecular complexity index is 611. The summed E-state index contributed by atoms with van der Waals surface area (Å²) < 4.78 is 12.9. The summed E-state index contributed by atoms with van der Waals surface area (Å²) in [5.74, 6) is -0.237. The second kappa shape index (κ2) is 7.97. The van der Waals surface area contributed by atoms with Crippen molar-refractivity contribution in [2.75, 3.05) is 26.2 Å². The normalized spacial score (nSPS) is 16.8. The Morgan fingerprint density at radius 1 is 1.26 bits per heavy atom. The molecule has 1 saturated heterocycles. The van der Waals surface area contributed by atoms with Gasteiger partial charge in [-0.3, -0.25) is 0 Å². The summed E-state index contributed by atoms with van der Waals surface area (Å²) >= 11 is 1.55. The third-order valence-corrected chi connectivity index (χ3v) is 4.94. The molecule has 6 heteroatoms. The van der Waals surface area contributed by atoms with Crippen molar-refractivity contribution >= 4 is 11.3 Å². The largest absolute Gasteiger partial charge is 0.390 e. The molecule has 0 bridgehead atoms. The maximum absolute atomic E-state index is 12.9. The molecule has 1 aliphatic rings. The van der Waals surface area contributed by atoms with Gasteiger partial charge >= 0.3 is 0 Å². The van der Waals surface area contributed by atoms with Gasteiger partial charge in [-0.1, -0.05) is 0 Å². The predicted octanol–water partition coefficient (Wildman–Crippen LogP) is 2.50. The minimum Gasteiger partial charge on any atom is -0.390 e. The van der Waals surface area contributed by atoms with Crippen LogP contribution in [0.4, 0.5) is 4.39 Å². The number of rotatable bonds is 7. The van der Waals surface area contributed by atoms with E-state index in [1.54, 1.807) is 23.5 Å². The Hall–Kier alpha value is -1.34. The summed E-state index contributed by atoms with van der Waals surface area (Å²) in [5.41, 5.74) is 1.87. The number of nitrogens with zero attached hydrogens (tertiary/aromatic N) is 2. The minimum atomic E-state index is -0.344. The van der Waals surface area contributed by atoms with E-state index in [-0.39, 0.29) is 11.9 Å². The lowest BCUT2D eigenvalue weighted by molar-refractivity contribution is 0.123. The van der Waals surface area contributed by atoms with Crippen LogP contribution in [0.3, 0.4) is 0 Å². The van der Waals surface area contributed by atoms with Crippen LogP contribution >= 0.6 is 11.3 Å². The van der Waals surface area contributed by atoms with Gasteiger partial charge in [0.1, 0.15) is 10.8 Å².